The predicted molar refractivity (Wildman–Crippen MR) is 70.6 cm³/mol. The molecule has 1 aromatic carbocycles. The Balaban J connectivity index is 2.21. The molecule has 0 fully saturated rings. The van der Waals surface area contributed by atoms with Crippen molar-refractivity contribution in [3.63, 3.8) is 0 Å². The van der Waals surface area contributed by atoms with Crippen LogP contribution in [0.2, 0.25) is 10.0 Å². The van der Waals surface area contributed by atoms with Gasteiger partial charge in [-0.2, -0.15) is 0 Å². The van der Waals surface area contributed by atoms with Crippen LogP contribution in [-0.2, 0) is 6.54 Å². The lowest BCUT2D eigenvalue weighted by Gasteiger charge is -2.19. The molecule has 0 spiro atoms. The minimum Gasteiger partial charge on any atom is -0.354 e. The van der Waals surface area contributed by atoms with Crippen LogP contribution in [0.15, 0.2) is 30.7 Å². The highest BCUT2D eigenvalue weighted by Crippen LogP contribution is 2.24. The lowest BCUT2D eigenvalue weighted by Crippen LogP contribution is -2.18. The van der Waals surface area contributed by atoms with Gasteiger partial charge in [0.2, 0.25) is 0 Å². The Labute approximate surface area is 114 Å². The molecule has 0 radical (unpaired) electrons. The van der Waals surface area contributed by atoms with Crippen LogP contribution >= 0.6 is 23.2 Å². The molecule has 0 unspecified atom stereocenters. The van der Waals surface area contributed by atoms with Gasteiger partial charge in [-0.05, 0) is 17.7 Å². The van der Waals surface area contributed by atoms with E-state index in [9.17, 15) is 4.39 Å². The van der Waals surface area contributed by atoms with E-state index in [1.54, 1.807) is 6.07 Å². The molecular formula is C12H10Cl2FN3. The largest absolute Gasteiger partial charge is 0.354 e. The number of rotatable bonds is 3. The molecule has 3 nitrogen and oxygen atoms in total. The number of aromatic nitrogens is 2. The Morgan fingerprint density at radius 2 is 2.06 bits per heavy atom. The van der Waals surface area contributed by atoms with Gasteiger partial charge in [0.05, 0.1) is 6.20 Å². The van der Waals surface area contributed by atoms with Crippen LogP contribution in [0.1, 0.15) is 5.56 Å². The van der Waals surface area contributed by atoms with Crippen molar-refractivity contribution in [3.8, 4) is 0 Å². The highest BCUT2D eigenvalue weighted by Gasteiger charge is 2.10. The molecule has 2 aromatic rings. The minimum absolute atomic E-state index is 0.355. The van der Waals surface area contributed by atoms with Gasteiger partial charge in [-0.3, -0.25) is 0 Å². The van der Waals surface area contributed by atoms with Crippen LogP contribution in [0.3, 0.4) is 0 Å². The second kappa shape index (κ2) is 5.50. The van der Waals surface area contributed by atoms with Crippen molar-refractivity contribution in [2.45, 2.75) is 6.54 Å². The fourth-order valence-corrected chi connectivity index (χ4v) is 2.04. The first kappa shape index (κ1) is 13.1. The Morgan fingerprint density at radius 1 is 1.28 bits per heavy atom. The maximum atomic E-state index is 12.9. The van der Waals surface area contributed by atoms with E-state index in [-0.39, 0.29) is 5.82 Å². The first-order valence-electron chi connectivity index (χ1n) is 5.18. The molecule has 1 aromatic heterocycles. The topological polar surface area (TPSA) is 29.0 Å². The van der Waals surface area contributed by atoms with Crippen LogP contribution in [0, 0.1) is 5.82 Å². The SMILES string of the molecule is CN(Cc1ccc(F)cc1Cl)c1ncncc1Cl. The van der Waals surface area contributed by atoms with E-state index in [4.69, 9.17) is 23.2 Å². The molecule has 0 aliphatic rings. The summed E-state index contributed by atoms with van der Waals surface area (Å²) in [4.78, 5) is 9.73. The van der Waals surface area contributed by atoms with Gasteiger partial charge in [0, 0.05) is 18.6 Å². The molecule has 0 N–H and O–H groups in total. The summed E-state index contributed by atoms with van der Waals surface area (Å²) in [6.45, 7) is 0.482. The fourth-order valence-electron chi connectivity index (χ4n) is 1.57. The van der Waals surface area contributed by atoms with E-state index in [1.807, 2.05) is 11.9 Å². The second-order valence-electron chi connectivity index (χ2n) is 3.79. The first-order valence-corrected chi connectivity index (χ1v) is 5.94. The van der Waals surface area contributed by atoms with Crippen molar-refractivity contribution < 1.29 is 4.39 Å². The second-order valence-corrected chi connectivity index (χ2v) is 4.60. The van der Waals surface area contributed by atoms with Crippen LogP contribution < -0.4 is 4.90 Å². The zero-order valence-corrected chi connectivity index (χ0v) is 11.1. The average Bonchev–Trinajstić information content (AvgIpc) is 2.33. The number of benzene rings is 1. The predicted octanol–water partition coefficient (Wildman–Crippen LogP) is 3.56. The van der Waals surface area contributed by atoms with Crippen LogP contribution in [0.5, 0.6) is 0 Å². The smallest absolute Gasteiger partial charge is 0.150 e. The molecule has 0 saturated heterocycles. The molecular weight excluding hydrogens is 276 g/mol. The standard InChI is InChI=1S/C12H10Cl2FN3/c1-18(12-11(14)5-16-7-17-12)6-8-2-3-9(15)4-10(8)13/h2-5,7H,6H2,1H3. The van der Waals surface area contributed by atoms with Crippen LogP contribution in [0.25, 0.3) is 0 Å². The molecule has 18 heavy (non-hydrogen) atoms. The van der Waals surface area contributed by atoms with Gasteiger partial charge in [-0.25, -0.2) is 14.4 Å². The molecule has 0 bridgehead atoms. The molecule has 2 rings (SSSR count). The summed E-state index contributed by atoms with van der Waals surface area (Å²) < 4.78 is 12.9. The van der Waals surface area contributed by atoms with E-state index >= 15 is 0 Å². The molecule has 0 aliphatic heterocycles. The third-order valence-corrected chi connectivity index (χ3v) is 3.05. The van der Waals surface area contributed by atoms with Gasteiger partial charge in [0.25, 0.3) is 0 Å². The third kappa shape index (κ3) is 2.89. The number of hydrogen-bond donors (Lipinski definition) is 0. The number of anilines is 1. The van der Waals surface area contributed by atoms with E-state index < -0.39 is 0 Å². The van der Waals surface area contributed by atoms with Gasteiger partial charge in [0.1, 0.15) is 17.2 Å². The highest BCUT2D eigenvalue weighted by molar-refractivity contribution is 6.32. The summed E-state index contributed by atoms with van der Waals surface area (Å²) in [7, 11) is 1.83. The van der Waals surface area contributed by atoms with Crippen LogP contribution in [-0.4, -0.2) is 17.0 Å². The maximum absolute atomic E-state index is 12.9. The minimum atomic E-state index is -0.355. The first-order chi connectivity index (χ1) is 8.58. The van der Waals surface area contributed by atoms with E-state index in [0.29, 0.717) is 22.4 Å². The quantitative estimate of drug-likeness (QED) is 0.864. The molecule has 6 heteroatoms. The number of halogens is 3. The Hall–Kier alpha value is -1.39. The zero-order chi connectivity index (χ0) is 13.1. The highest BCUT2D eigenvalue weighted by atomic mass is 35.5. The summed E-state index contributed by atoms with van der Waals surface area (Å²) in [6, 6.07) is 4.30. The van der Waals surface area contributed by atoms with Crippen molar-refractivity contribution in [1.82, 2.24) is 9.97 Å². The fraction of sp³-hybridized carbons (Fsp3) is 0.167. The van der Waals surface area contributed by atoms with Gasteiger partial charge < -0.3 is 4.90 Å². The summed E-state index contributed by atoms with van der Waals surface area (Å²) in [6.07, 6.45) is 2.94. The summed E-state index contributed by atoms with van der Waals surface area (Å²) in [5.74, 6) is 0.249. The summed E-state index contributed by atoms with van der Waals surface area (Å²) in [5.41, 5.74) is 0.801. The molecule has 0 saturated carbocycles. The number of hydrogen-bond acceptors (Lipinski definition) is 3. The van der Waals surface area contributed by atoms with Gasteiger partial charge in [0.15, 0.2) is 5.82 Å². The number of nitrogens with zero attached hydrogens (tertiary/aromatic N) is 3. The van der Waals surface area contributed by atoms with E-state index in [1.165, 1.54) is 24.7 Å². The molecule has 94 valence electrons. The molecule has 1 heterocycles. The van der Waals surface area contributed by atoms with Crippen molar-refractivity contribution in [1.29, 1.82) is 0 Å². The molecule has 0 aliphatic carbocycles. The van der Waals surface area contributed by atoms with E-state index in [2.05, 4.69) is 9.97 Å². The normalized spacial score (nSPS) is 10.4. The van der Waals surface area contributed by atoms with E-state index in [0.717, 1.165) is 5.56 Å². The van der Waals surface area contributed by atoms with Gasteiger partial charge in [-0.1, -0.05) is 29.3 Å². The summed E-state index contributed by atoms with van der Waals surface area (Å²) in [5, 5.41) is 0.838. The lowest BCUT2D eigenvalue weighted by molar-refractivity contribution is 0.627. The summed E-state index contributed by atoms with van der Waals surface area (Å²) >= 11 is 12.0. The lowest BCUT2D eigenvalue weighted by atomic mass is 10.2. The van der Waals surface area contributed by atoms with Crippen LogP contribution in [0.4, 0.5) is 10.2 Å². The Bertz CT molecular complexity index is 563. The van der Waals surface area contributed by atoms with Crippen molar-refractivity contribution >= 4 is 29.0 Å². The Kier molecular flexibility index (Phi) is 3.99. The zero-order valence-electron chi connectivity index (χ0n) is 9.57. The van der Waals surface area contributed by atoms with Crippen molar-refractivity contribution in [2.24, 2.45) is 0 Å². The average molecular weight is 286 g/mol. The molecule has 0 atom stereocenters. The molecule has 0 amide bonds. The van der Waals surface area contributed by atoms with Gasteiger partial charge in [-0.15, -0.1) is 0 Å². The van der Waals surface area contributed by atoms with Crippen molar-refractivity contribution in [3.05, 3.63) is 52.1 Å². The van der Waals surface area contributed by atoms with Gasteiger partial charge >= 0.3 is 0 Å². The third-order valence-electron chi connectivity index (χ3n) is 2.43. The van der Waals surface area contributed by atoms with Crippen molar-refractivity contribution in [2.75, 3.05) is 11.9 Å². The Morgan fingerprint density at radius 3 is 2.72 bits per heavy atom. The monoisotopic (exact) mass is 285 g/mol. The maximum Gasteiger partial charge on any atom is 0.150 e.